The quantitative estimate of drug-likeness (QED) is 0.623. The first-order chi connectivity index (χ1) is 10.1. The molecule has 2 rings (SSSR count). The van der Waals surface area contributed by atoms with Crippen molar-refractivity contribution >= 4 is 22.5 Å². The van der Waals surface area contributed by atoms with E-state index in [-0.39, 0.29) is 12.2 Å². The zero-order chi connectivity index (χ0) is 15.2. The fourth-order valence-electron chi connectivity index (χ4n) is 2.23. The average molecular weight is 286 g/mol. The van der Waals surface area contributed by atoms with E-state index in [9.17, 15) is 9.59 Å². The summed E-state index contributed by atoms with van der Waals surface area (Å²) in [6, 6.07) is 11.3. The Balaban J connectivity index is 2.04. The van der Waals surface area contributed by atoms with Crippen LogP contribution in [0.1, 0.15) is 36.0 Å². The summed E-state index contributed by atoms with van der Waals surface area (Å²) < 4.78 is 5.17. The Labute approximate surface area is 123 Å². The molecule has 0 spiro atoms. The van der Waals surface area contributed by atoms with E-state index in [2.05, 4.69) is 0 Å². The van der Waals surface area contributed by atoms with Gasteiger partial charge in [-0.2, -0.15) is 0 Å². The van der Waals surface area contributed by atoms with Crippen LogP contribution in [-0.2, 0) is 4.79 Å². The van der Waals surface area contributed by atoms with Crippen molar-refractivity contribution in [1.82, 2.24) is 0 Å². The molecule has 0 aromatic heterocycles. The lowest BCUT2D eigenvalue weighted by molar-refractivity contribution is -0.137. The number of Topliss-reactive ketones (excluding diaryl/α,β-unsaturated/α-hetero) is 1. The molecule has 2 aromatic carbocycles. The summed E-state index contributed by atoms with van der Waals surface area (Å²) in [7, 11) is 1.62. The number of hydrogen-bond donors (Lipinski definition) is 1. The smallest absolute Gasteiger partial charge is 0.303 e. The summed E-state index contributed by atoms with van der Waals surface area (Å²) in [5.41, 5.74) is 0.669. The minimum atomic E-state index is -0.817. The standard InChI is InChI=1S/C17H18O4/c1-21-15-9-8-12-10-14(7-6-13(12)11-15)16(18)4-2-3-5-17(19)20/h6-11H,2-5H2,1H3,(H,19,20). The zero-order valence-corrected chi connectivity index (χ0v) is 12.0. The molecule has 1 N–H and O–H groups in total. The second-order valence-corrected chi connectivity index (χ2v) is 4.95. The van der Waals surface area contributed by atoms with Crippen molar-refractivity contribution in [3.8, 4) is 5.75 Å². The molecule has 0 fully saturated rings. The lowest BCUT2D eigenvalue weighted by Gasteiger charge is -2.05. The van der Waals surface area contributed by atoms with E-state index in [1.807, 2.05) is 30.3 Å². The van der Waals surface area contributed by atoms with Crippen LogP contribution in [0.2, 0.25) is 0 Å². The molecule has 0 aliphatic heterocycles. The number of carbonyl (C=O) groups is 2. The number of fused-ring (bicyclic) bond motifs is 1. The molecule has 0 heterocycles. The zero-order valence-electron chi connectivity index (χ0n) is 12.0. The molecule has 0 saturated carbocycles. The van der Waals surface area contributed by atoms with Gasteiger partial charge in [-0.3, -0.25) is 9.59 Å². The van der Waals surface area contributed by atoms with E-state index in [0.29, 0.717) is 24.8 Å². The van der Waals surface area contributed by atoms with Gasteiger partial charge in [0.2, 0.25) is 0 Å². The maximum Gasteiger partial charge on any atom is 0.303 e. The van der Waals surface area contributed by atoms with E-state index in [1.54, 1.807) is 13.2 Å². The number of ether oxygens (including phenoxy) is 1. The number of unbranched alkanes of at least 4 members (excludes halogenated alkanes) is 1. The summed E-state index contributed by atoms with van der Waals surface area (Å²) in [5, 5.41) is 10.6. The molecule has 4 nitrogen and oxygen atoms in total. The van der Waals surface area contributed by atoms with Crippen LogP contribution >= 0.6 is 0 Å². The van der Waals surface area contributed by atoms with Gasteiger partial charge >= 0.3 is 5.97 Å². The normalized spacial score (nSPS) is 10.5. The predicted molar refractivity (Wildman–Crippen MR) is 80.9 cm³/mol. The molecule has 4 heteroatoms. The van der Waals surface area contributed by atoms with E-state index >= 15 is 0 Å². The summed E-state index contributed by atoms with van der Waals surface area (Å²) in [4.78, 5) is 22.5. The molecule has 0 unspecified atom stereocenters. The Bertz CT molecular complexity index is 661. The van der Waals surface area contributed by atoms with Gasteiger partial charge in [-0.15, -0.1) is 0 Å². The lowest BCUT2D eigenvalue weighted by Crippen LogP contribution is -2.00. The third-order valence-electron chi connectivity index (χ3n) is 3.41. The Hall–Kier alpha value is -2.36. The fourth-order valence-corrected chi connectivity index (χ4v) is 2.23. The molecule has 21 heavy (non-hydrogen) atoms. The summed E-state index contributed by atoms with van der Waals surface area (Å²) in [5.74, 6) is 0.0236. The minimum absolute atomic E-state index is 0.0538. The second kappa shape index (κ2) is 6.88. The van der Waals surface area contributed by atoms with E-state index < -0.39 is 5.97 Å². The molecule has 0 aliphatic rings. The molecule has 110 valence electrons. The fraction of sp³-hybridized carbons (Fsp3) is 0.294. The highest BCUT2D eigenvalue weighted by molar-refractivity contribution is 6.00. The van der Waals surface area contributed by atoms with Crippen molar-refractivity contribution in [3.63, 3.8) is 0 Å². The van der Waals surface area contributed by atoms with E-state index in [4.69, 9.17) is 9.84 Å². The average Bonchev–Trinajstić information content (AvgIpc) is 2.50. The molecule has 0 radical (unpaired) electrons. The van der Waals surface area contributed by atoms with Crippen LogP contribution in [0.4, 0.5) is 0 Å². The van der Waals surface area contributed by atoms with Gasteiger partial charge in [0.1, 0.15) is 5.75 Å². The summed E-state index contributed by atoms with van der Waals surface area (Å²) in [6.45, 7) is 0. The van der Waals surface area contributed by atoms with Crippen LogP contribution in [0.25, 0.3) is 10.8 Å². The number of carboxylic acid groups (broad SMARTS) is 1. The monoisotopic (exact) mass is 286 g/mol. The van der Waals surface area contributed by atoms with Crippen LogP contribution in [0.3, 0.4) is 0 Å². The molecular weight excluding hydrogens is 268 g/mol. The van der Waals surface area contributed by atoms with Gasteiger partial charge in [0.05, 0.1) is 7.11 Å². The van der Waals surface area contributed by atoms with Gasteiger partial charge in [0, 0.05) is 18.4 Å². The lowest BCUT2D eigenvalue weighted by atomic mass is 10.0. The van der Waals surface area contributed by atoms with Crippen molar-refractivity contribution in [3.05, 3.63) is 42.0 Å². The Morgan fingerprint density at radius 2 is 1.67 bits per heavy atom. The number of methoxy groups -OCH3 is 1. The van der Waals surface area contributed by atoms with Gasteiger partial charge in [0.15, 0.2) is 5.78 Å². The van der Waals surface area contributed by atoms with Crippen molar-refractivity contribution in [1.29, 1.82) is 0 Å². The van der Waals surface area contributed by atoms with Crippen molar-refractivity contribution < 1.29 is 19.4 Å². The van der Waals surface area contributed by atoms with Crippen LogP contribution in [-0.4, -0.2) is 24.0 Å². The highest BCUT2D eigenvalue weighted by Crippen LogP contribution is 2.22. The molecule has 2 aromatic rings. The third kappa shape index (κ3) is 4.05. The highest BCUT2D eigenvalue weighted by atomic mass is 16.5. The van der Waals surface area contributed by atoms with Gasteiger partial charge in [-0.25, -0.2) is 0 Å². The number of rotatable bonds is 7. The van der Waals surface area contributed by atoms with Gasteiger partial charge in [-0.1, -0.05) is 18.2 Å². The Morgan fingerprint density at radius 1 is 1.00 bits per heavy atom. The maximum absolute atomic E-state index is 12.1. The number of benzene rings is 2. The molecule has 0 amide bonds. The molecule has 0 aliphatic carbocycles. The van der Waals surface area contributed by atoms with Gasteiger partial charge in [0.25, 0.3) is 0 Å². The third-order valence-corrected chi connectivity index (χ3v) is 3.41. The topological polar surface area (TPSA) is 63.6 Å². The van der Waals surface area contributed by atoms with Crippen LogP contribution in [0.5, 0.6) is 5.75 Å². The van der Waals surface area contributed by atoms with Crippen molar-refractivity contribution in [2.24, 2.45) is 0 Å². The number of aliphatic carboxylic acids is 1. The van der Waals surface area contributed by atoms with Crippen molar-refractivity contribution in [2.45, 2.75) is 25.7 Å². The van der Waals surface area contributed by atoms with Crippen LogP contribution in [0.15, 0.2) is 36.4 Å². The number of hydrogen-bond acceptors (Lipinski definition) is 3. The molecule has 0 saturated heterocycles. The molecular formula is C17H18O4. The Kier molecular flexibility index (Phi) is 4.93. The van der Waals surface area contributed by atoms with Crippen LogP contribution in [0, 0.1) is 0 Å². The number of ketones is 1. The predicted octanol–water partition coefficient (Wildman–Crippen LogP) is 3.68. The van der Waals surface area contributed by atoms with Gasteiger partial charge in [-0.05, 0) is 41.8 Å². The van der Waals surface area contributed by atoms with Crippen LogP contribution < -0.4 is 4.74 Å². The molecule has 0 bridgehead atoms. The largest absolute Gasteiger partial charge is 0.497 e. The summed E-state index contributed by atoms with van der Waals surface area (Å²) >= 11 is 0. The highest BCUT2D eigenvalue weighted by Gasteiger charge is 2.07. The van der Waals surface area contributed by atoms with Crippen molar-refractivity contribution in [2.75, 3.05) is 7.11 Å². The maximum atomic E-state index is 12.1. The number of carbonyl (C=O) groups excluding carboxylic acids is 1. The van der Waals surface area contributed by atoms with Gasteiger partial charge < -0.3 is 9.84 Å². The molecule has 0 atom stereocenters. The first-order valence-corrected chi connectivity index (χ1v) is 6.93. The first kappa shape index (κ1) is 15.0. The minimum Gasteiger partial charge on any atom is -0.497 e. The van der Waals surface area contributed by atoms with E-state index in [0.717, 1.165) is 16.5 Å². The number of carboxylic acids is 1. The first-order valence-electron chi connectivity index (χ1n) is 6.93. The Morgan fingerprint density at radius 3 is 2.38 bits per heavy atom. The second-order valence-electron chi connectivity index (χ2n) is 4.95. The van der Waals surface area contributed by atoms with E-state index in [1.165, 1.54) is 0 Å². The summed E-state index contributed by atoms with van der Waals surface area (Å²) in [6.07, 6.45) is 1.64. The SMILES string of the molecule is COc1ccc2cc(C(=O)CCCCC(=O)O)ccc2c1.